The van der Waals surface area contributed by atoms with E-state index in [2.05, 4.69) is 20.9 Å². The minimum Gasteiger partial charge on any atom is -0.456 e. The summed E-state index contributed by atoms with van der Waals surface area (Å²) in [5, 5.41) is 7.82. The van der Waals surface area contributed by atoms with Crippen LogP contribution in [-0.2, 0) is 0 Å². The summed E-state index contributed by atoms with van der Waals surface area (Å²) in [5.41, 5.74) is 0.936. The van der Waals surface area contributed by atoms with Gasteiger partial charge in [0.05, 0.1) is 12.7 Å². The Labute approximate surface area is 211 Å². The van der Waals surface area contributed by atoms with Gasteiger partial charge in [0.25, 0.3) is 0 Å². The van der Waals surface area contributed by atoms with Crippen molar-refractivity contribution in [1.29, 1.82) is 0 Å². The average Bonchev–Trinajstić information content (AvgIpc) is 3.26. The Balaban J connectivity index is 1.34. The number of nitrogens with zero attached hydrogens (tertiary/aromatic N) is 3. The number of carbonyl (C=O) groups excluding carboxylic acids is 3. The molecule has 6 amide bonds. The van der Waals surface area contributed by atoms with Crippen LogP contribution in [0.15, 0.2) is 66.9 Å². The second-order valence-corrected chi connectivity index (χ2v) is 7.95. The molecule has 0 spiro atoms. The van der Waals surface area contributed by atoms with Crippen LogP contribution < -0.4 is 25.6 Å². The van der Waals surface area contributed by atoms with E-state index in [1.165, 1.54) is 35.4 Å². The number of imide groups is 1. The van der Waals surface area contributed by atoms with Crippen LogP contribution in [0.2, 0.25) is 0 Å². The maximum atomic E-state index is 13.2. The molecular weight excluding hydrogens is 491 g/mol. The summed E-state index contributed by atoms with van der Waals surface area (Å²) in [6, 6.07) is 13.8. The smallest absolute Gasteiger partial charge is 0.332 e. The first-order chi connectivity index (χ1) is 17.4. The van der Waals surface area contributed by atoms with Crippen LogP contribution in [0.4, 0.5) is 36.0 Å². The van der Waals surface area contributed by atoms with Gasteiger partial charge in [0.15, 0.2) is 0 Å². The number of rotatable bonds is 7. The molecule has 1 aliphatic heterocycles. The lowest BCUT2D eigenvalue weighted by Gasteiger charge is -2.18. The van der Waals surface area contributed by atoms with E-state index in [0.717, 1.165) is 4.90 Å². The van der Waals surface area contributed by atoms with Crippen molar-refractivity contribution in [2.24, 2.45) is 0 Å². The van der Waals surface area contributed by atoms with E-state index in [1.54, 1.807) is 36.4 Å². The molecule has 10 nitrogen and oxygen atoms in total. The fourth-order valence-corrected chi connectivity index (χ4v) is 3.48. The lowest BCUT2D eigenvalue weighted by Crippen LogP contribution is -2.39. The molecule has 36 heavy (non-hydrogen) atoms. The number of halogens is 2. The summed E-state index contributed by atoms with van der Waals surface area (Å²) in [6.45, 7) is 0.821. The van der Waals surface area contributed by atoms with Crippen LogP contribution in [0.3, 0.4) is 0 Å². The quantitative estimate of drug-likeness (QED) is 0.391. The summed E-state index contributed by atoms with van der Waals surface area (Å²) in [7, 11) is 0. The van der Waals surface area contributed by atoms with Gasteiger partial charge in [0.2, 0.25) is 0 Å². The summed E-state index contributed by atoms with van der Waals surface area (Å²) in [4.78, 5) is 43.7. The third-order valence-electron chi connectivity index (χ3n) is 5.07. The highest BCUT2D eigenvalue weighted by Gasteiger charge is 2.34. The van der Waals surface area contributed by atoms with E-state index in [0.29, 0.717) is 47.7 Å². The zero-order valence-electron chi connectivity index (χ0n) is 18.9. The first-order valence-corrected chi connectivity index (χ1v) is 11.5. The summed E-state index contributed by atoms with van der Waals surface area (Å²) >= 11 is 5.53. The molecule has 0 atom stereocenters. The number of aromatic nitrogens is 1. The molecule has 0 bridgehead atoms. The Hall–Kier alpha value is -4.38. The third kappa shape index (κ3) is 6.19. The summed E-state index contributed by atoms with van der Waals surface area (Å²) in [6.07, 6.45) is 1.44. The Bertz CT molecular complexity index is 1240. The lowest BCUT2D eigenvalue weighted by atomic mass is 10.3. The molecule has 186 valence electrons. The van der Waals surface area contributed by atoms with Crippen LogP contribution in [0.25, 0.3) is 0 Å². The van der Waals surface area contributed by atoms with Crippen molar-refractivity contribution in [1.82, 2.24) is 15.2 Å². The number of amides is 6. The molecule has 1 aliphatic rings. The van der Waals surface area contributed by atoms with Gasteiger partial charge in [-0.1, -0.05) is 6.07 Å². The minimum atomic E-state index is -0.591. The molecule has 1 fully saturated rings. The number of ether oxygens (including phenoxy) is 1. The van der Waals surface area contributed by atoms with Crippen molar-refractivity contribution in [3.8, 4) is 11.5 Å². The van der Waals surface area contributed by atoms with Gasteiger partial charge in [0.1, 0.15) is 23.1 Å². The van der Waals surface area contributed by atoms with Crippen molar-refractivity contribution in [3.63, 3.8) is 0 Å². The van der Waals surface area contributed by atoms with Crippen molar-refractivity contribution in [3.05, 3.63) is 72.7 Å². The van der Waals surface area contributed by atoms with Gasteiger partial charge in [-0.15, -0.1) is 11.6 Å². The molecule has 1 saturated heterocycles. The molecule has 3 aromatic rings. The molecule has 0 unspecified atom stereocenters. The zero-order valence-corrected chi connectivity index (χ0v) is 19.7. The molecule has 3 N–H and O–H groups in total. The Kier molecular flexibility index (Phi) is 7.81. The fraction of sp³-hybridized carbons (Fsp3) is 0.167. The highest BCUT2D eigenvalue weighted by atomic mass is 35.5. The van der Waals surface area contributed by atoms with Gasteiger partial charge in [-0.25, -0.2) is 28.7 Å². The van der Waals surface area contributed by atoms with Crippen molar-refractivity contribution in [2.45, 2.75) is 0 Å². The van der Waals surface area contributed by atoms with E-state index in [9.17, 15) is 18.8 Å². The number of urea groups is 3. The molecule has 2 aromatic carbocycles. The normalized spacial score (nSPS) is 12.9. The SMILES string of the molecule is O=C(NCCCl)Nc1ccc(Oc2cccc(NC(=O)N3CCN(c4ccc(F)cc4)C3=O)c2)cn1. The topological polar surface area (TPSA) is 116 Å². The van der Waals surface area contributed by atoms with Crippen LogP contribution in [-0.4, -0.2) is 53.5 Å². The summed E-state index contributed by atoms with van der Waals surface area (Å²) in [5.74, 6) is 1.07. The van der Waals surface area contributed by atoms with Crippen molar-refractivity contribution >= 4 is 46.9 Å². The van der Waals surface area contributed by atoms with E-state index in [1.807, 2.05) is 0 Å². The maximum absolute atomic E-state index is 13.2. The molecule has 0 radical (unpaired) electrons. The van der Waals surface area contributed by atoms with E-state index in [-0.39, 0.29) is 6.54 Å². The minimum absolute atomic E-state index is 0.189. The molecule has 0 saturated carbocycles. The highest BCUT2D eigenvalue weighted by molar-refractivity contribution is 6.18. The molecule has 12 heteroatoms. The Morgan fingerprint density at radius 1 is 1.03 bits per heavy atom. The number of carbonyl (C=O) groups is 3. The van der Waals surface area contributed by atoms with Crippen LogP contribution in [0.5, 0.6) is 11.5 Å². The van der Waals surface area contributed by atoms with Gasteiger partial charge >= 0.3 is 18.1 Å². The first-order valence-electron chi connectivity index (χ1n) is 10.9. The Morgan fingerprint density at radius 3 is 2.56 bits per heavy atom. The van der Waals surface area contributed by atoms with Gasteiger partial charge in [-0.05, 0) is 48.5 Å². The monoisotopic (exact) mass is 512 g/mol. The standard InChI is InChI=1S/C24H22ClFN6O4/c25-10-11-27-22(33)30-21-9-8-20(15-28-21)36-19-3-1-2-17(14-19)29-23(34)32-13-12-31(24(32)35)18-6-4-16(26)5-7-18/h1-9,14-15H,10-13H2,(H,29,34)(H2,27,28,30,33). The number of hydrogen-bond acceptors (Lipinski definition) is 5. The average molecular weight is 513 g/mol. The second-order valence-electron chi connectivity index (χ2n) is 7.57. The number of benzene rings is 2. The van der Waals surface area contributed by atoms with E-state index >= 15 is 0 Å². The molecule has 4 rings (SSSR count). The highest BCUT2D eigenvalue weighted by Crippen LogP contribution is 2.26. The van der Waals surface area contributed by atoms with Crippen LogP contribution in [0, 0.1) is 5.82 Å². The van der Waals surface area contributed by atoms with Gasteiger partial charge in [0, 0.05) is 36.4 Å². The molecule has 0 aliphatic carbocycles. The van der Waals surface area contributed by atoms with Gasteiger partial charge < -0.3 is 15.4 Å². The zero-order chi connectivity index (χ0) is 25.5. The van der Waals surface area contributed by atoms with E-state index < -0.39 is 23.9 Å². The van der Waals surface area contributed by atoms with Crippen molar-refractivity contribution < 1.29 is 23.5 Å². The van der Waals surface area contributed by atoms with Crippen molar-refractivity contribution in [2.75, 3.05) is 41.0 Å². The number of anilines is 3. The van der Waals surface area contributed by atoms with Crippen LogP contribution in [0.1, 0.15) is 0 Å². The van der Waals surface area contributed by atoms with Gasteiger partial charge in [-0.2, -0.15) is 0 Å². The molecule has 1 aromatic heterocycles. The predicted molar refractivity (Wildman–Crippen MR) is 133 cm³/mol. The number of hydrogen-bond donors (Lipinski definition) is 3. The molecular formula is C24H22ClFN6O4. The van der Waals surface area contributed by atoms with Gasteiger partial charge in [-0.3, -0.25) is 10.2 Å². The van der Waals surface area contributed by atoms with Crippen LogP contribution >= 0.6 is 11.6 Å². The first kappa shape index (κ1) is 24.7. The largest absolute Gasteiger partial charge is 0.456 e. The molecule has 2 heterocycles. The lowest BCUT2D eigenvalue weighted by molar-refractivity contribution is 0.209. The summed E-state index contributed by atoms with van der Waals surface area (Å²) < 4.78 is 19.0. The Morgan fingerprint density at radius 2 is 1.83 bits per heavy atom. The fourth-order valence-electron chi connectivity index (χ4n) is 3.39. The third-order valence-corrected chi connectivity index (χ3v) is 5.26. The van der Waals surface area contributed by atoms with E-state index in [4.69, 9.17) is 16.3 Å². The maximum Gasteiger partial charge on any atom is 0.332 e. The number of alkyl halides is 1. The predicted octanol–water partition coefficient (Wildman–Crippen LogP) is 4.85. The number of pyridine rings is 1. The second kappa shape index (κ2) is 11.4. The number of nitrogens with one attached hydrogen (secondary N) is 3.